The van der Waals surface area contributed by atoms with Crippen LogP contribution >= 0.6 is 0 Å². The minimum Gasteiger partial charge on any atom is -0.456 e. The van der Waals surface area contributed by atoms with E-state index < -0.39 is 5.41 Å². The summed E-state index contributed by atoms with van der Waals surface area (Å²) in [5.74, 6) is 1.85. The molecule has 9 aromatic carbocycles. The average molecular weight is 790 g/mol. The molecule has 2 aromatic heterocycles. The fourth-order valence-corrected chi connectivity index (χ4v) is 10.3. The van der Waals surface area contributed by atoms with Gasteiger partial charge in [-0.15, -0.1) is 0 Å². The van der Waals surface area contributed by atoms with E-state index in [1.165, 1.54) is 50.1 Å². The van der Waals surface area contributed by atoms with E-state index in [1.807, 2.05) is 36.4 Å². The highest BCUT2D eigenvalue weighted by Crippen LogP contribution is 2.64. The van der Waals surface area contributed by atoms with Crippen molar-refractivity contribution in [2.45, 2.75) is 5.41 Å². The van der Waals surface area contributed by atoms with Gasteiger partial charge in [0.2, 0.25) is 0 Å². The van der Waals surface area contributed by atoms with Crippen LogP contribution in [0.3, 0.4) is 0 Å². The van der Waals surface area contributed by atoms with Crippen molar-refractivity contribution in [2.75, 3.05) is 0 Å². The van der Waals surface area contributed by atoms with E-state index in [9.17, 15) is 0 Å². The Morgan fingerprint density at radius 2 is 0.742 bits per heavy atom. The average Bonchev–Trinajstić information content (AvgIpc) is 3.98. The first-order chi connectivity index (χ1) is 30.7. The van der Waals surface area contributed by atoms with Crippen LogP contribution in [0.2, 0.25) is 0 Å². The minimum atomic E-state index is -0.466. The minimum absolute atomic E-state index is 0.466. The summed E-state index contributed by atoms with van der Waals surface area (Å²) >= 11 is 0. The summed E-state index contributed by atoms with van der Waals surface area (Å²) in [4.78, 5) is 15.5. The number of hydrogen-bond donors (Lipinski definition) is 0. The number of benzene rings is 9. The molecule has 62 heavy (non-hydrogen) atoms. The van der Waals surface area contributed by atoms with Crippen molar-refractivity contribution in [1.82, 2.24) is 15.0 Å². The number of nitrogens with zero attached hydrogens (tertiary/aromatic N) is 3. The molecule has 0 radical (unpaired) electrons. The summed E-state index contributed by atoms with van der Waals surface area (Å²) in [7, 11) is 0. The van der Waals surface area contributed by atoms with Crippen LogP contribution in [0, 0.1) is 0 Å². The first-order valence-corrected chi connectivity index (χ1v) is 21.1. The number of aromatic nitrogens is 3. The fraction of sp³-hybridized carbons (Fsp3) is 0.0172. The topological polar surface area (TPSA) is 51.8 Å². The molecule has 1 spiro atoms. The molecule has 2 aliphatic rings. The third kappa shape index (κ3) is 5.04. The van der Waals surface area contributed by atoms with Crippen LogP contribution in [0.5, 0.6) is 0 Å². The lowest BCUT2D eigenvalue weighted by atomic mass is 9.68. The van der Waals surface area contributed by atoms with Gasteiger partial charge in [0.05, 0.1) is 5.41 Å². The van der Waals surface area contributed by atoms with Crippen LogP contribution in [0.4, 0.5) is 0 Å². The fourth-order valence-electron chi connectivity index (χ4n) is 10.3. The van der Waals surface area contributed by atoms with Gasteiger partial charge in [0.15, 0.2) is 17.5 Å². The van der Waals surface area contributed by atoms with Gasteiger partial charge in [-0.1, -0.05) is 182 Å². The molecule has 0 N–H and O–H groups in total. The summed E-state index contributed by atoms with van der Waals surface area (Å²) < 4.78 is 6.27. The van der Waals surface area contributed by atoms with Gasteiger partial charge in [0.1, 0.15) is 11.2 Å². The zero-order chi connectivity index (χ0) is 40.8. The monoisotopic (exact) mass is 789 g/mol. The molecule has 0 aliphatic heterocycles. The van der Waals surface area contributed by atoms with E-state index in [4.69, 9.17) is 19.4 Å². The second kappa shape index (κ2) is 13.4. The summed E-state index contributed by atoms with van der Waals surface area (Å²) in [6.07, 6.45) is 0. The molecular weight excluding hydrogens is 755 g/mol. The Hall–Kier alpha value is -8.21. The van der Waals surface area contributed by atoms with E-state index in [0.717, 1.165) is 55.3 Å². The first-order valence-electron chi connectivity index (χ1n) is 21.1. The maximum absolute atomic E-state index is 6.27. The Balaban J connectivity index is 0.969. The molecule has 2 aliphatic carbocycles. The van der Waals surface area contributed by atoms with Gasteiger partial charge in [-0.25, -0.2) is 15.0 Å². The van der Waals surface area contributed by atoms with Crippen LogP contribution in [-0.4, -0.2) is 15.0 Å². The van der Waals surface area contributed by atoms with Crippen LogP contribution in [-0.2, 0) is 5.41 Å². The van der Waals surface area contributed by atoms with E-state index in [0.29, 0.717) is 17.5 Å². The number of furan rings is 1. The van der Waals surface area contributed by atoms with E-state index >= 15 is 0 Å². The molecular formula is C58H35N3O. The highest BCUT2D eigenvalue weighted by atomic mass is 16.3. The third-order valence-corrected chi connectivity index (χ3v) is 12.9. The van der Waals surface area contributed by atoms with Gasteiger partial charge in [0.25, 0.3) is 0 Å². The van der Waals surface area contributed by atoms with Crippen LogP contribution in [0.15, 0.2) is 217 Å². The molecule has 2 heterocycles. The molecule has 0 unspecified atom stereocenters. The molecule has 0 fully saturated rings. The van der Waals surface area contributed by atoms with Crippen molar-refractivity contribution in [3.05, 3.63) is 235 Å². The highest BCUT2D eigenvalue weighted by Gasteiger charge is 2.52. The van der Waals surface area contributed by atoms with Gasteiger partial charge in [-0.2, -0.15) is 0 Å². The molecule has 288 valence electrons. The molecule has 0 amide bonds. The lowest BCUT2D eigenvalue weighted by Gasteiger charge is -2.32. The second-order valence-corrected chi connectivity index (χ2v) is 16.3. The molecule has 0 saturated heterocycles. The molecule has 0 bridgehead atoms. The van der Waals surface area contributed by atoms with Crippen LogP contribution in [0.25, 0.3) is 101 Å². The van der Waals surface area contributed by atoms with E-state index in [-0.39, 0.29) is 0 Å². The Morgan fingerprint density at radius 3 is 1.44 bits per heavy atom. The number of rotatable bonds is 5. The molecule has 4 heteroatoms. The molecule has 13 rings (SSSR count). The Bertz CT molecular complexity index is 3540. The smallest absolute Gasteiger partial charge is 0.164 e. The van der Waals surface area contributed by atoms with Gasteiger partial charge in [0, 0.05) is 27.5 Å². The summed E-state index contributed by atoms with van der Waals surface area (Å²) in [5, 5.41) is 2.23. The van der Waals surface area contributed by atoms with Crippen molar-refractivity contribution in [1.29, 1.82) is 0 Å². The van der Waals surface area contributed by atoms with Crippen molar-refractivity contribution in [3.8, 4) is 78.7 Å². The summed E-state index contributed by atoms with van der Waals surface area (Å²) in [6, 6.07) is 75.7. The number of fused-ring (bicyclic) bond motifs is 13. The largest absolute Gasteiger partial charge is 0.456 e. The van der Waals surface area contributed by atoms with Gasteiger partial charge in [-0.3, -0.25) is 0 Å². The lowest BCUT2D eigenvalue weighted by molar-refractivity contribution is 0.669. The quantitative estimate of drug-likeness (QED) is 0.174. The third-order valence-electron chi connectivity index (χ3n) is 12.9. The van der Waals surface area contributed by atoms with Crippen molar-refractivity contribution in [2.24, 2.45) is 0 Å². The lowest BCUT2D eigenvalue weighted by Crippen LogP contribution is -2.26. The van der Waals surface area contributed by atoms with Gasteiger partial charge >= 0.3 is 0 Å². The predicted octanol–water partition coefficient (Wildman–Crippen LogP) is 14.4. The molecule has 0 atom stereocenters. The summed E-state index contributed by atoms with van der Waals surface area (Å²) in [6.45, 7) is 0. The number of para-hydroxylation sites is 1. The molecule has 0 saturated carbocycles. The standard InChI is InChI=1S/C58H35N3O/c1-2-15-36(16-3-1)55-59-56(40-19-12-17-37(33-40)38-31-32-47-46-24-7-11-30-52(46)62-53(47)35-38)61-57(60-55)41-20-13-18-39(34-41)42-25-14-26-48-45-23-6-10-29-51(45)58(54(42)48)49-27-8-4-21-43(49)44-22-5-9-28-50(44)58/h1-35H. The maximum atomic E-state index is 6.27. The SMILES string of the molecule is c1ccc(-c2nc(-c3cccc(-c4ccc5c(c4)oc4ccccc45)c3)nc(-c3cccc(-c4cccc5c4C4(c6ccccc6-c6ccccc64)c4ccccc4-5)c3)n2)cc1. The maximum Gasteiger partial charge on any atom is 0.164 e. The first kappa shape index (κ1) is 34.6. The van der Waals surface area contributed by atoms with Crippen LogP contribution in [0.1, 0.15) is 22.3 Å². The van der Waals surface area contributed by atoms with Gasteiger partial charge < -0.3 is 4.42 Å². The van der Waals surface area contributed by atoms with Crippen molar-refractivity contribution >= 4 is 21.9 Å². The van der Waals surface area contributed by atoms with Crippen LogP contribution < -0.4 is 0 Å². The zero-order valence-electron chi connectivity index (χ0n) is 33.5. The molecule has 11 aromatic rings. The van der Waals surface area contributed by atoms with E-state index in [1.54, 1.807) is 0 Å². The van der Waals surface area contributed by atoms with Gasteiger partial charge in [-0.05, 0) is 97.1 Å². The van der Waals surface area contributed by atoms with Crippen molar-refractivity contribution in [3.63, 3.8) is 0 Å². The predicted molar refractivity (Wildman–Crippen MR) is 251 cm³/mol. The summed E-state index contributed by atoms with van der Waals surface area (Å²) in [5.41, 5.74) is 18.9. The van der Waals surface area contributed by atoms with Crippen molar-refractivity contribution < 1.29 is 4.42 Å². The number of hydrogen-bond acceptors (Lipinski definition) is 4. The van der Waals surface area contributed by atoms with E-state index in [2.05, 4.69) is 176 Å². The normalized spacial score (nSPS) is 13.0. The molecule has 4 nitrogen and oxygen atoms in total. The Morgan fingerprint density at radius 1 is 0.290 bits per heavy atom. The highest BCUT2D eigenvalue weighted by molar-refractivity contribution is 6.06. The second-order valence-electron chi connectivity index (χ2n) is 16.3. The Labute approximate surface area is 358 Å². The Kier molecular flexibility index (Phi) is 7.49. The zero-order valence-corrected chi connectivity index (χ0v) is 33.5.